The number of hydrogen-bond donors (Lipinski definition) is 1. The normalized spacial score (nSPS) is 14.1. The highest BCUT2D eigenvalue weighted by Crippen LogP contribution is 2.43. The van der Waals surface area contributed by atoms with Crippen molar-refractivity contribution in [3.63, 3.8) is 0 Å². The lowest BCUT2D eigenvalue weighted by Crippen LogP contribution is -2.37. The summed E-state index contributed by atoms with van der Waals surface area (Å²) >= 11 is 0. The third-order valence-corrected chi connectivity index (χ3v) is 10.00. The minimum Gasteiger partial charge on any atom is -0.457 e. The molecule has 0 aliphatic carbocycles. The van der Waals surface area contributed by atoms with E-state index in [-0.39, 0.29) is 25.8 Å². The Hall–Kier alpha value is -1.02. The van der Waals surface area contributed by atoms with Gasteiger partial charge in [0.15, 0.2) is 0 Å². The summed E-state index contributed by atoms with van der Waals surface area (Å²) in [6.07, 6.45) is 39.1. The van der Waals surface area contributed by atoms with Gasteiger partial charge in [-0.15, -0.1) is 0 Å². The SMILES string of the molecule is CCCCC/C=C\C/C=C\CCCCCCCC(=O)O[C@H](COCCCCCCCCCCCCCCCC)COP(=O)(O)OCC[N+](C)(C)C. The summed E-state index contributed by atoms with van der Waals surface area (Å²) in [5.74, 6) is -0.326. The summed E-state index contributed by atoms with van der Waals surface area (Å²) < 4.78 is 34.9. The van der Waals surface area contributed by atoms with Gasteiger partial charge in [-0.2, -0.15) is 0 Å². The number of phosphoric ester groups is 1. The highest BCUT2D eigenvalue weighted by atomic mass is 31.2. The first-order valence-corrected chi connectivity index (χ1v) is 22.6. The molecule has 0 radical (unpaired) electrons. The van der Waals surface area contributed by atoms with E-state index in [9.17, 15) is 14.3 Å². The standard InChI is InChI=1S/C42H82NO7P/c1-6-8-10-12-14-16-18-20-22-23-25-27-29-31-33-35-42(44)50-41(40-49-51(45,46)48-38-36-43(3,4)5)39-47-37-34-32-30-28-26-24-21-19-17-15-13-11-9-7-2/h14,16,20,22,41H,6-13,15,17-19,21,23-40H2,1-5H3/p+1/b16-14-,22-20-/t41-/m1/s1. The maximum atomic E-state index is 12.7. The number of allylic oxidation sites excluding steroid dienone is 4. The highest BCUT2D eigenvalue weighted by molar-refractivity contribution is 7.47. The molecule has 302 valence electrons. The van der Waals surface area contributed by atoms with Crippen LogP contribution >= 0.6 is 7.82 Å². The zero-order valence-corrected chi connectivity index (χ0v) is 35.0. The van der Waals surface area contributed by atoms with Gasteiger partial charge in [0.05, 0.1) is 34.4 Å². The Morgan fingerprint density at radius 2 is 1.08 bits per heavy atom. The molecule has 0 rings (SSSR count). The molecule has 0 spiro atoms. The van der Waals surface area contributed by atoms with E-state index in [2.05, 4.69) is 38.2 Å². The first-order chi connectivity index (χ1) is 24.6. The smallest absolute Gasteiger partial charge is 0.457 e. The predicted molar refractivity (Wildman–Crippen MR) is 215 cm³/mol. The molecule has 2 atom stereocenters. The van der Waals surface area contributed by atoms with Crippen LogP contribution in [-0.2, 0) is 27.9 Å². The van der Waals surface area contributed by atoms with E-state index in [1.165, 1.54) is 103 Å². The van der Waals surface area contributed by atoms with Gasteiger partial charge in [-0.05, 0) is 44.9 Å². The summed E-state index contributed by atoms with van der Waals surface area (Å²) in [5, 5.41) is 0. The molecule has 0 aromatic heterocycles. The number of ether oxygens (including phenoxy) is 2. The average Bonchev–Trinajstić information content (AvgIpc) is 3.08. The Labute approximate surface area is 315 Å². The molecular formula is C42H83NO7P+. The average molecular weight is 745 g/mol. The second-order valence-electron chi connectivity index (χ2n) is 15.4. The van der Waals surface area contributed by atoms with E-state index in [4.69, 9.17) is 18.5 Å². The third kappa shape index (κ3) is 40.0. The van der Waals surface area contributed by atoms with Crippen LogP contribution in [0.15, 0.2) is 24.3 Å². The van der Waals surface area contributed by atoms with Crippen molar-refractivity contribution in [3.8, 4) is 0 Å². The lowest BCUT2D eigenvalue weighted by atomic mass is 10.0. The minimum atomic E-state index is -4.27. The molecule has 0 amide bonds. The number of carbonyl (C=O) groups is 1. The lowest BCUT2D eigenvalue weighted by Gasteiger charge is -2.24. The molecule has 0 bridgehead atoms. The van der Waals surface area contributed by atoms with Gasteiger partial charge < -0.3 is 18.9 Å². The zero-order valence-electron chi connectivity index (χ0n) is 34.1. The molecule has 0 saturated heterocycles. The number of unbranched alkanes of at least 4 members (excludes halogenated alkanes) is 21. The van der Waals surface area contributed by atoms with Gasteiger partial charge in [0, 0.05) is 13.0 Å². The number of hydrogen-bond acceptors (Lipinski definition) is 6. The van der Waals surface area contributed by atoms with Crippen LogP contribution in [0.25, 0.3) is 0 Å². The Balaban J connectivity index is 4.27. The van der Waals surface area contributed by atoms with Gasteiger partial charge >= 0.3 is 13.8 Å². The van der Waals surface area contributed by atoms with Crippen LogP contribution in [0.2, 0.25) is 0 Å². The fourth-order valence-electron chi connectivity index (χ4n) is 5.70. The Bertz CT molecular complexity index is 874. The van der Waals surface area contributed by atoms with Crippen molar-refractivity contribution < 1.29 is 37.3 Å². The molecule has 51 heavy (non-hydrogen) atoms. The van der Waals surface area contributed by atoms with Gasteiger partial charge in [-0.25, -0.2) is 4.57 Å². The molecule has 0 saturated carbocycles. The molecule has 0 aromatic rings. The summed E-state index contributed by atoms with van der Waals surface area (Å²) in [4.78, 5) is 22.8. The number of carbonyl (C=O) groups excluding carboxylic acids is 1. The second kappa shape index (κ2) is 36.0. The Morgan fingerprint density at radius 1 is 0.608 bits per heavy atom. The van der Waals surface area contributed by atoms with Gasteiger partial charge in [-0.1, -0.05) is 154 Å². The number of rotatable bonds is 39. The monoisotopic (exact) mass is 745 g/mol. The molecule has 0 aliphatic rings. The van der Waals surface area contributed by atoms with E-state index in [1.54, 1.807) is 0 Å². The number of nitrogens with zero attached hydrogens (tertiary/aromatic N) is 1. The van der Waals surface area contributed by atoms with Crippen molar-refractivity contribution in [1.82, 2.24) is 0 Å². The lowest BCUT2D eigenvalue weighted by molar-refractivity contribution is -0.870. The molecule has 0 aromatic carbocycles. The van der Waals surface area contributed by atoms with Crippen LogP contribution in [0.4, 0.5) is 0 Å². The van der Waals surface area contributed by atoms with Crippen LogP contribution in [0.5, 0.6) is 0 Å². The van der Waals surface area contributed by atoms with E-state index in [0.29, 0.717) is 24.1 Å². The summed E-state index contributed by atoms with van der Waals surface area (Å²) in [6, 6.07) is 0. The quantitative estimate of drug-likeness (QED) is 0.0220. The topological polar surface area (TPSA) is 91.3 Å². The van der Waals surface area contributed by atoms with Crippen molar-refractivity contribution >= 4 is 13.8 Å². The summed E-state index contributed by atoms with van der Waals surface area (Å²) in [6.45, 7) is 5.60. The fourth-order valence-corrected chi connectivity index (χ4v) is 6.44. The van der Waals surface area contributed by atoms with Gasteiger partial charge in [-0.3, -0.25) is 13.8 Å². The first kappa shape index (κ1) is 50.0. The number of phosphoric acid groups is 1. The van der Waals surface area contributed by atoms with E-state index >= 15 is 0 Å². The van der Waals surface area contributed by atoms with Gasteiger partial charge in [0.1, 0.15) is 19.3 Å². The highest BCUT2D eigenvalue weighted by Gasteiger charge is 2.26. The maximum Gasteiger partial charge on any atom is 0.472 e. The number of quaternary nitrogens is 1. The van der Waals surface area contributed by atoms with Crippen molar-refractivity contribution in [2.24, 2.45) is 0 Å². The molecule has 0 aliphatic heterocycles. The number of esters is 1. The maximum absolute atomic E-state index is 12.7. The predicted octanol–water partition coefficient (Wildman–Crippen LogP) is 12.0. The van der Waals surface area contributed by atoms with Crippen molar-refractivity contribution in [2.45, 2.75) is 187 Å². The van der Waals surface area contributed by atoms with Gasteiger partial charge in [0.25, 0.3) is 0 Å². The van der Waals surface area contributed by atoms with Crippen molar-refractivity contribution in [1.29, 1.82) is 0 Å². The Kier molecular flexibility index (Phi) is 35.3. The van der Waals surface area contributed by atoms with Crippen molar-refractivity contribution in [3.05, 3.63) is 24.3 Å². The van der Waals surface area contributed by atoms with Crippen molar-refractivity contribution in [2.75, 3.05) is 54.1 Å². The van der Waals surface area contributed by atoms with Crippen LogP contribution in [0, 0.1) is 0 Å². The minimum absolute atomic E-state index is 0.0875. The zero-order chi connectivity index (χ0) is 37.7. The second-order valence-corrected chi connectivity index (χ2v) is 16.8. The van der Waals surface area contributed by atoms with E-state index < -0.39 is 13.9 Å². The molecule has 9 heteroatoms. The summed E-state index contributed by atoms with van der Waals surface area (Å²) in [5.41, 5.74) is 0. The molecule has 0 fully saturated rings. The largest absolute Gasteiger partial charge is 0.472 e. The fraction of sp³-hybridized carbons (Fsp3) is 0.881. The van der Waals surface area contributed by atoms with Crippen LogP contribution in [0.1, 0.15) is 181 Å². The van der Waals surface area contributed by atoms with E-state index in [1.807, 2.05) is 21.1 Å². The molecule has 0 heterocycles. The van der Waals surface area contributed by atoms with Crippen LogP contribution in [-0.4, -0.2) is 75.6 Å². The third-order valence-electron chi connectivity index (χ3n) is 9.02. The molecular weight excluding hydrogens is 661 g/mol. The first-order valence-electron chi connectivity index (χ1n) is 21.1. The molecule has 1 unspecified atom stereocenters. The van der Waals surface area contributed by atoms with Gasteiger partial charge in [0.2, 0.25) is 0 Å². The van der Waals surface area contributed by atoms with Crippen LogP contribution < -0.4 is 0 Å². The summed E-state index contributed by atoms with van der Waals surface area (Å²) in [7, 11) is 1.66. The van der Waals surface area contributed by atoms with Crippen LogP contribution in [0.3, 0.4) is 0 Å². The number of likely N-dealkylation sites (N-methyl/N-ethyl adjacent to an activating group) is 1. The van der Waals surface area contributed by atoms with E-state index in [0.717, 1.165) is 57.8 Å². The molecule has 8 nitrogen and oxygen atoms in total. The molecule has 1 N–H and O–H groups in total. The Morgan fingerprint density at radius 3 is 1.63 bits per heavy atom.